The Labute approximate surface area is 172 Å². The molecule has 8 heteroatoms. The number of hydrogen-bond acceptors (Lipinski definition) is 6. The van der Waals surface area contributed by atoms with E-state index in [1.807, 2.05) is 6.07 Å². The third kappa shape index (κ3) is 4.99. The number of nitrogens with zero attached hydrogens (tertiary/aromatic N) is 1. The minimum Gasteiger partial charge on any atom is -0.494 e. The Morgan fingerprint density at radius 3 is 2.27 bits per heavy atom. The van der Waals surface area contributed by atoms with E-state index in [2.05, 4.69) is 5.32 Å². The summed E-state index contributed by atoms with van der Waals surface area (Å²) in [7, 11) is 1.35. The summed E-state index contributed by atoms with van der Waals surface area (Å²) in [5, 5.41) is 13.4. The number of methoxy groups -OCH3 is 1. The predicted octanol–water partition coefficient (Wildman–Crippen LogP) is 3.85. The van der Waals surface area contributed by atoms with Gasteiger partial charge in [0.1, 0.15) is 11.5 Å². The number of nitro benzene ring substituents is 1. The number of nitro groups is 1. The Morgan fingerprint density at radius 2 is 1.63 bits per heavy atom. The minimum atomic E-state index is -0.552. The molecule has 0 aliphatic carbocycles. The van der Waals surface area contributed by atoms with E-state index in [0.717, 1.165) is 0 Å². The Hall–Kier alpha value is -4.20. The van der Waals surface area contributed by atoms with Crippen LogP contribution in [0.15, 0.2) is 72.8 Å². The Bertz CT molecular complexity index is 1060. The standard InChI is InChI=1S/C22H18N2O6/c1-29-20-13-17(24(27)28)9-12-19(20)23-21(25)14-30-18-10-7-16(8-11-18)22(26)15-5-3-2-4-6-15/h2-13H,14H2,1H3,(H,23,25). The topological polar surface area (TPSA) is 108 Å². The third-order valence-electron chi connectivity index (χ3n) is 4.19. The van der Waals surface area contributed by atoms with Crippen molar-refractivity contribution in [3.63, 3.8) is 0 Å². The lowest BCUT2D eigenvalue weighted by Crippen LogP contribution is -2.20. The van der Waals surface area contributed by atoms with Crippen molar-refractivity contribution < 1.29 is 24.0 Å². The van der Waals surface area contributed by atoms with Crippen molar-refractivity contribution in [3.8, 4) is 11.5 Å². The highest BCUT2D eigenvalue weighted by molar-refractivity contribution is 6.09. The van der Waals surface area contributed by atoms with Crippen LogP contribution in [0.25, 0.3) is 0 Å². The summed E-state index contributed by atoms with van der Waals surface area (Å²) >= 11 is 0. The number of ketones is 1. The Balaban J connectivity index is 1.59. The molecule has 8 nitrogen and oxygen atoms in total. The fraction of sp³-hybridized carbons (Fsp3) is 0.0909. The SMILES string of the molecule is COc1cc([N+](=O)[O-])ccc1NC(=O)COc1ccc(C(=O)c2ccccc2)cc1. The first kappa shape index (κ1) is 20.5. The maximum absolute atomic E-state index is 12.4. The molecule has 1 amide bonds. The molecule has 3 aromatic rings. The number of hydrogen-bond donors (Lipinski definition) is 1. The van der Waals surface area contributed by atoms with E-state index in [4.69, 9.17) is 9.47 Å². The molecule has 0 heterocycles. The molecule has 1 N–H and O–H groups in total. The summed E-state index contributed by atoms with van der Waals surface area (Å²) in [6.07, 6.45) is 0. The molecular formula is C22H18N2O6. The van der Waals surface area contributed by atoms with Crippen molar-refractivity contribution in [1.29, 1.82) is 0 Å². The average molecular weight is 406 g/mol. The van der Waals surface area contributed by atoms with Gasteiger partial charge in [-0.2, -0.15) is 0 Å². The molecule has 0 unspecified atom stereocenters. The van der Waals surface area contributed by atoms with Gasteiger partial charge in [-0.05, 0) is 30.3 Å². The molecule has 0 radical (unpaired) electrons. The van der Waals surface area contributed by atoms with Gasteiger partial charge in [-0.3, -0.25) is 19.7 Å². The van der Waals surface area contributed by atoms with Crippen LogP contribution in [0.2, 0.25) is 0 Å². The number of amides is 1. The van der Waals surface area contributed by atoms with E-state index in [0.29, 0.717) is 22.6 Å². The molecule has 0 bridgehead atoms. The summed E-state index contributed by atoms with van der Waals surface area (Å²) in [5.41, 5.74) is 1.24. The van der Waals surface area contributed by atoms with Gasteiger partial charge in [-0.1, -0.05) is 30.3 Å². The van der Waals surface area contributed by atoms with Gasteiger partial charge in [-0.25, -0.2) is 0 Å². The molecule has 152 valence electrons. The van der Waals surface area contributed by atoms with Gasteiger partial charge >= 0.3 is 0 Å². The van der Waals surface area contributed by atoms with Gasteiger partial charge in [-0.15, -0.1) is 0 Å². The fourth-order valence-electron chi connectivity index (χ4n) is 2.69. The van der Waals surface area contributed by atoms with E-state index >= 15 is 0 Å². The second kappa shape index (κ2) is 9.33. The zero-order valence-corrected chi connectivity index (χ0v) is 16.0. The molecular weight excluding hydrogens is 388 g/mol. The summed E-state index contributed by atoms with van der Waals surface area (Å²) in [6.45, 7) is -0.286. The largest absolute Gasteiger partial charge is 0.494 e. The highest BCUT2D eigenvalue weighted by Crippen LogP contribution is 2.29. The second-order valence-electron chi connectivity index (χ2n) is 6.20. The van der Waals surface area contributed by atoms with Gasteiger partial charge in [0, 0.05) is 17.2 Å². The van der Waals surface area contributed by atoms with E-state index in [1.54, 1.807) is 48.5 Å². The lowest BCUT2D eigenvalue weighted by Gasteiger charge is -2.11. The molecule has 0 atom stereocenters. The van der Waals surface area contributed by atoms with Crippen LogP contribution in [0.3, 0.4) is 0 Å². The summed E-state index contributed by atoms with van der Waals surface area (Å²) in [4.78, 5) is 34.8. The molecule has 0 aliphatic heterocycles. The first-order valence-electron chi connectivity index (χ1n) is 8.93. The number of anilines is 1. The molecule has 30 heavy (non-hydrogen) atoms. The zero-order valence-electron chi connectivity index (χ0n) is 16.0. The van der Waals surface area contributed by atoms with Crippen LogP contribution in [0, 0.1) is 10.1 Å². The summed E-state index contributed by atoms with van der Waals surface area (Å²) in [6, 6.07) is 19.2. The van der Waals surface area contributed by atoms with Gasteiger partial charge in [0.15, 0.2) is 12.4 Å². The number of carbonyl (C=O) groups is 2. The lowest BCUT2D eigenvalue weighted by atomic mass is 10.0. The number of ether oxygens (including phenoxy) is 2. The number of carbonyl (C=O) groups excluding carboxylic acids is 2. The van der Waals surface area contributed by atoms with E-state index in [9.17, 15) is 19.7 Å². The van der Waals surface area contributed by atoms with Gasteiger partial charge in [0.25, 0.3) is 11.6 Å². The van der Waals surface area contributed by atoms with Crippen molar-refractivity contribution in [2.75, 3.05) is 19.0 Å². The van der Waals surface area contributed by atoms with Crippen LogP contribution in [0.1, 0.15) is 15.9 Å². The molecule has 0 aliphatic rings. The highest BCUT2D eigenvalue weighted by Gasteiger charge is 2.14. The number of benzene rings is 3. The van der Waals surface area contributed by atoms with Crippen molar-refractivity contribution in [2.45, 2.75) is 0 Å². The maximum Gasteiger partial charge on any atom is 0.273 e. The molecule has 3 aromatic carbocycles. The monoisotopic (exact) mass is 406 g/mol. The van der Waals surface area contributed by atoms with Crippen LogP contribution < -0.4 is 14.8 Å². The molecule has 3 rings (SSSR count). The van der Waals surface area contributed by atoms with Crippen LogP contribution in [-0.2, 0) is 4.79 Å². The summed E-state index contributed by atoms with van der Waals surface area (Å²) < 4.78 is 10.5. The normalized spacial score (nSPS) is 10.2. The zero-order chi connectivity index (χ0) is 21.5. The number of nitrogens with one attached hydrogen (secondary N) is 1. The van der Waals surface area contributed by atoms with E-state index in [1.165, 1.54) is 25.3 Å². The summed E-state index contributed by atoms with van der Waals surface area (Å²) in [5.74, 6) is 0.0171. The van der Waals surface area contributed by atoms with Crippen LogP contribution >= 0.6 is 0 Å². The smallest absolute Gasteiger partial charge is 0.273 e. The van der Waals surface area contributed by atoms with Crippen molar-refractivity contribution in [1.82, 2.24) is 0 Å². The van der Waals surface area contributed by atoms with Crippen LogP contribution in [0.4, 0.5) is 11.4 Å². The number of rotatable bonds is 8. The number of non-ortho nitro benzene ring substituents is 1. The molecule has 0 spiro atoms. The van der Waals surface area contributed by atoms with E-state index < -0.39 is 10.8 Å². The molecule has 0 saturated carbocycles. The van der Waals surface area contributed by atoms with Crippen LogP contribution in [0.5, 0.6) is 11.5 Å². The quantitative estimate of drug-likeness (QED) is 0.346. The van der Waals surface area contributed by atoms with Crippen LogP contribution in [-0.4, -0.2) is 30.3 Å². The average Bonchev–Trinajstić information content (AvgIpc) is 2.78. The van der Waals surface area contributed by atoms with Crippen molar-refractivity contribution in [2.24, 2.45) is 0 Å². The Morgan fingerprint density at radius 1 is 0.967 bits per heavy atom. The Kier molecular flexibility index (Phi) is 6.39. The second-order valence-corrected chi connectivity index (χ2v) is 6.20. The minimum absolute atomic E-state index is 0.106. The predicted molar refractivity (Wildman–Crippen MR) is 110 cm³/mol. The highest BCUT2D eigenvalue weighted by atomic mass is 16.6. The lowest BCUT2D eigenvalue weighted by molar-refractivity contribution is -0.384. The van der Waals surface area contributed by atoms with E-state index in [-0.39, 0.29) is 23.8 Å². The molecule has 0 aromatic heterocycles. The van der Waals surface area contributed by atoms with Gasteiger partial charge in [0.05, 0.1) is 23.8 Å². The molecule has 0 saturated heterocycles. The van der Waals surface area contributed by atoms with Crippen molar-refractivity contribution in [3.05, 3.63) is 94.0 Å². The first-order chi connectivity index (χ1) is 14.5. The van der Waals surface area contributed by atoms with Gasteiger partial charge in [0.2, 0.25) is 0 Å². The van der Waals surface area contributed by atoms with Crippen molar-refractivity contribution >= 4 is 23.1 Å². The fourth-order valence-corrected chi connectivity index (χ4v) is 2.69. The third-order valence-corrected chi connectivity index (χ3v) is 4.19. The van der Waals surface area contributed by atoms with Gasteiger partial charge < -0.3 is 14.8 Å². The maximum atomic E-state index is 12.4. The first-order valence-corrected chi connectivity index (χ1v) is 8.93. The molecule has 0 fully saturated rings.